The Morgan fingerprint density at radius 3 is 1.12 bits per heavy atom. The van der Waals surface area contributed by atoms with Crippen LogP contribution in [0.4, 0.5) is 0 Å². The standard InChI is InChI=1S/C16H28N4O6/c21-11-9-17-1-2-18(10-12-22)4-6-20(14-16(25)26)8-7-19(5-3-17)13-15(23)24/h11-12H,1-10,13-14H2,(H,23,24)(H,25,26). The molecule has 0 radical (unpaired) electrons. The lowest BCUT2D eigenvalue weighted by molar-refractivity contribution is -0.140. The molecular weight excluding hydrogens is 344 g/mol. The lowest BCUT2D eigenvalue weighted by Gasteiger charge is -2.32. The summed E-state index contributed by atoms with van der Waals surface area (Å²) in [5.41, 5.74) is 0. The van der Waals surface area contributed by atoms with E-state index < -0.39 is 11.9 Å². The second kappa shape index (κ2) is 12.5. The number of nitrogens with zero attached hydrogens (tertiary/aromatic N) is 4. The molecule has 0 aromatic heterocycles. The lowest BCUT2D eigenvalue weighted by Crippen LogP contribution is -2.48. The summed E-state index contributed by atoms with van der Waals surface area (Å²) in [6.07, 6.45) is 1.62. The summed E-state index contributed by atoms with van der Waals surface area (Å²) in [6, 6.07) is 0. The van der Waals surface area contributed by atoms with E-state index in [0.717, 1.165) is 12.6 Å². The van der Waals surface area contributed by atoms with E-state index in [1.165, 1.54) is 0 Å². The fourth-order valence-electron chi connectivity index (χ4n) is 2.85. The summed E-state index contributed by atoms with van der Waals surface area (Å²) < 4.78 is 0. The Morgan fingerprint density at radius 2 is 0.885 bits per heavy atom. The van der Waals surface area contributed by atoms with Crippen molar-refractivity contribution in [3.63, 3.8) is 0 Å². The van der Waals surface area contributed by atoms with Crippen LogP contribution in [0.15, 0.2) is 0 Å². The molecule has 1 rings (SSSR count). The zero-order valence-electron chi connectivity index (χ0n) is 15.0. The molecule has 2 N–H and O–H groups in total. The largest absolute Gasteiger partial charge is 0.480 e. The highest BCUT2D eigenvalue weighted by molar-refractivity contribution is 5.69. The number of hydrogen-bond donors (Lipinski definition) is 2. The van der Waals surface area contributed by atoms with Crippen molar-refractivity contribution in [1.29, 1.82) is 0 Å². The van der Waals surface area contributed by atoms with Crippen LogP contribution in [0.1, 0.15) is 0 Å². The van der Waals surface area contributed by atoms with Gasteiger partial charge in [0.1, 0.15) is 12.6 Å². The summed E-state index contributed by atoms with van der Waals surface area (Å²) in [6.45, 7) is 4.22. The van der Waals surface area contributed by atoms with Crippen molar-refractivity contribution >= 4 is 24.5 Å². The van der Waals surface area contributed by atoms with Crippen LogP contribution in [-0.2, 0) is 19.2 Å². The zero-order valence-corrected chi connectivity index (χ0v) is 15.0. The molecule has 26 heavy (non-hydrogen) atoms. The Labute approximate surface area is 152 Å². The molecule has 148 valence electrons. The molecule has 0 aliphatic carbocycles. The van der Waals surface area contributed by atoms with Crippen LogP contribution in [0.5, 0.6) is 0 Å². The van der Waals surface area contributed by atoms with Crippen LogP contribution in [0.3, 0.4) is 0 Å². The minimum Gasteiger partial charge on any atom is -0.480 e. The number of aliphatic carboxylic acids is 2. The van der Waals surface area contributed by atoms with Gasteiger partial charge in [0.15, 0.2) is 0 Å². The molecule has 1 fully saturated rings. The summed E-state index contributed by atoms with van der Waals surface area (Å²) in [5.74, 6) is -1.89. The van der Waals surface area contributed by atoms with Gasteiger partial charge < -0.3 is 19.8 Å². The van der Waals surface area contributed by atoms with Crippen molar-refractivity contribution in [1.82, 2.24) is 19.6 Å². The quantitative estimate of drug-likeness (QED) is 0.453. The monoisotopic (exact) mass is 372 g/mol. The van der Waals surface area contributed by atoms with E-state index in [0.29, 0.717) is 52.4 Å². The number of hydrogen-bond acceptors (Lipinski definition) is 8. The lowest BCUT2D eigenvalue weighted by atomic mass is 10.3. The van der Waals surface area contributed by atoms with Crippen molar-refractivity contribution < 1.29 is 29.4 Å². The topological polar surface area (TPSA) is 122 Å². The first kappa shape index (κ1) is 22.2. The molecule has 1 heterocycles. The number of carboxylic acids is 2. The van der Waals surface area contributed by atoms with Gasteiger partial charge in [-0.15, -0.1) is 0 Å². The van der Waals surface area contributed by atoms with Gasteiger partial charge in [0.2, 0.25) is 0 Å². The van der Waals surface area contributed by atoms with Gasteiger partial charge in [-0.25, -0.2) is 0 Å². The zero-order chi connectivity index (χ0) is 19.4. The van der Waals surface area contributed by atoms with Crippen molar-refractivity contribution in [3.05, 3.63) is 0 Å². The maximum Gasteiger partial charge on any atom is 0.317 e. The van der Waals surface area contributed by atoms with E-state index >= 15 is 0 Å². The maximum absolute atomic E-state index is 11.1. The van der Waals surface area contributed by atoms with E-state index in [1.54, 1.807) is 9.80 Å². The normalized spacial score (nSPS) is 20.0. The van der Waals surface area contributed by atoms with Gasteiger partial charge >= 0.3 is 11.9 Å². The Hall–Kier alpha value is -1.88. The molecule has 0 unspecified atom stereocenters. The number of aldehydes is 2. The van der Waals surface area contributed by atoms with Gasteiger partial charge in [0, 0.05) is 52.4 Å². The number of carboxylic acid groups (broad SMARTS) is 2. The Morgan fingerprint density at radius 1 is 0.615 bits per heavy atom. The molecule has 1 saturated heterocycles. The van der Waals surface area contributed by atoms with Gasteiger partial charge in [0.25, 0.3) is 0 Å². The number of carbonyl (C=O) groups excluding carboxylic acids is 2. The van der Waals surface area contributed by atoms with Gasteiger partial charge in [-0.1, -0.05) is 0 Å². The first-order valence-corrected chi connectivity index (χ1v) is 8.65. The minimum absolute atomic E-state index is 0.132. The molecule has 0 aromatic carbocycles. The van der Waals surface area contributed by atoms with Crippen molar-refractivity contribution in [2.75, 3.05) is 78.5 Å². The number of rotatable bonds is 8. The summed E-state index contributed by atoms with van der Waals surface area (Å²) in [4.78, 5) is 51.2. The highest BCUT2D eigenvalue weighted by Gasteiger charge is 2.18. The van der Waals surface area contributed by atoms with E-state index in [4.69, 9.17) is 10.2 Å². The third kappa shape index (κ3) is 9.56. The Kier molecular flexibility index (Phi) is 10.6. The fraction of sp³-hybridized carbons (Fsp3) is 0.750. The smallest absolute Gasteiger partial charge is 0.317 e. The first-order valence-electron chi connectivity index (χ1n) is 8.65. The second-order valence-electron chi connectivity index (χ2n) is 6.27. The van der Waals surface area contributed by atoms with Gasteiger partial charge in [-0.2, -0.15) is 0 Å². The maximum atomic E-state index is 11.1. The molecule has 0 saturated carbocycles. The molecule has 0 bridgehead atoms. The third-order valence-electron chi connectivity index (χ3n) is 4.31. The van der Waals surface area contributed by atoms with Crippen molar-refractivity contribution in [2.24, 2.45) is 0 Å². The second-order valence-corrected chi connectivity index (χ2v) is 6.27. The minimum atomic E-state index is -0.944. The first-order chi connectivity index (χ1) is 12.4. The predicted octanol–water partition coefficient (Wildman–Crippen LogP) is -2.22. The third-order valence-corrected chi connectivity index (χ3v) is 4.31. The van der Waals surface area contributed by atoms with Gasteiger partial charge in [-0.3, -0.25) is 29.2 Å². The molecule has 0 amide bonds. The highest BCUT2D eigenvalue weighted by Crippen LogP contribution is 2.00. The average Bonchev–Trinajstić information content (AvgIpc) is 2.56. The fourth-order valence-corrected chi connectivity index (χ4v) is 2.85. The highest BCUT2D eigenvalue weighted by atomic mass is 16.4. The molecule has 1 aliphatic rings. The van der Waals surface area contributed by atoms with Crippen LogP contribution in [0, 0.1) is 0 Å². The Bertz CT molecular complexity index is 434. The van der Waals surface area contributed by atoms with Crippen LogP contribution >= 0.6 is 0 Å². The van der Waals surface area contributed by atoms with Crippen molar-refractivity contribution in [3.8, 4) is 0 Å². The summed E-state index contributed by atoms with van der Waals surface area (Å²) in [7, 11) is 0. The van der Waals surface area contributed by atoms with E-state index in [9.17, 15) is 19.2 Å². The van der Waals surface area contributed by atoms with E-state index in [2.05, 4.69) is 0 Å². The molecule has 1 aliphatic heterocycles. The van der Waals surface area contributed by atoms with Crippen molar-refractivity contribution in [2.45, 2.75) is 0 Å². The van der Waals surface area contributed by atoms with E-state index in [-0.39, 0.29) is 26.2 Å². The molecule has 0 aromatic rings. The van der Waals surface area contributed by atoms with Gasteiger partial charge in [0.05, 0.1) is 26.2 Å². The van der Waals surface area contributed by atoms with Gasteiger partial charge in [-0.05, 0) is 0 Å². The predicted molar refractivity (Wildman–Crippen MR) is 93.2 cm³/mol. The molecule has 10 nitrogen and oxygen atoms in total. The SMILES string of the molecule is O=CCN1CCN(CC=O)CCN(CC(=O)O)CCN(CC(=O)O)CC1. The Balaban J connectivity index is 2.82. The summed E-state index contributed by atoms with van der Waals surface area (Å²) in [5, 5.41) is 18.1. The van der Waals surface area contributed by atoms with Crippen LogP contribution in [-0.4, -0.2) is 133 Å². The summed E-state index contributed by atoms with van der Waals surface area (Å²) >= 11 is 0. The van der Waals surface area contributed by atoms with E-state index in [1.807, 2.05) is 9.80 Å². The number of carbonyl (C=O) groups is 4. The molecule has 0 atom stereocenters. The molecule has 0 spiro atoms. The molecule has 10 heteroatoms. The molecular formula is C16H28N4O6. The van der Waals surface area contributed by atoms with Crippen LogP contribution in [0.2, 0.25) is 0 Å². The average molecular weight is 372 g/mol. The van der Waals surface area contributed by atoms with Crippen LogP contribution < -0.4 is 0 Å². The van der Waals surface area contributed by atoms with Crippen LogP contribution in [0.25, 0.3) is 0 Å².